The fraction of sp³-hybridized carbons (Fsp3) is 0.263. The number of aromatic carboxylic acids is 1. The quantitative estimate of drug-likeness (QED) is 0.636. The number of carboxylic acids is 1. The molecule has 1 aliphatic rings. The number of rotatable bonds is 6. The predicted octanol–water partition coefficient (Wildman–Crippen LogP) is 2.10. The molecule has 0 aromatic heterocycles. The number of carbonyl (C=O) groups excluding carboxylic acids is 1. The van der Waals surface area contributed by atoms with E-state index in [-0.39, 0.29) is 22.1 Å². The molecule has 0 atom stereocenters. The van der Waals surface area contributed by atoms with Crippen LogP contribution in [0.4, 0.5) is 11.4 Å². The molecule has 0 radical (unpaired) electrons. The van der Waals surface area contributed by atoms with Crippen LogP contribution in [0.5, 0.6) is 0 Å². The number of nitrogens with zero attached hydrogens (tertiary/aromatic N) is 1. The van der Waals surface area contributed by atoms with Crippen LogP contribution in [0.3, 0.4) is 0 Å². The summed E-state index contributed by atoms with van der Waals surface area (Å²) in [6, 6.07) is 9.98. The molecule has 2 aromatic rings. The van der Waals surface area contributed by atoms with Gasteiger partial charge in [-0.2, -0.15) is 11.8 Å². The van der Waals surface area contributed by atoms with Gasteiger partial charge in [-0.3, -0.25) is 9.52 Å². The molecule has 0 unspecified atom stereocenters. The van der Waals surface area contributed by atoms with Crippen molar-refractivity contribution >= 4 is 45.0 Å². The maximum Gasteiger partial charge on any atom is 0.337 e. The van der Waals surface area contributed by atoms with E-state index in [1.165, 1.54) is 37.4 Å². The third-order valence-electron chi connectivity index (χ3n) is 4.48. The molecule has 0 spiro atoms. The molecule has 8 nitrogen and oxygen atoms in total. The number of nitrogens with one attached hydrogen (secondary N) is 2. The minimum atomic E-state index is -3.93. The third kappa shape index (κ3) is 4.83. The molecule has 1 amide bonds. The number of thioether (sulfide) groups is 1. The fourth-order valence-corrected chi connectivity index (χ4v) is 4.95. The largest absolute Gasteiger partial charge is 0.478 e. The van der Waals surface area contributed by atoms with Gasteiger partial charge in [0.1, 0.15) is 0 Å². The normalized spacial score (nSPS) is 14.3. The summed E-state index contributed by atoms with van der Waals surface area (Å²) in [6.45, 7) is 1.49. The zero-order chi connectivity index (χ0) is 21.0. The van der Waals surface area contributed by atoms with E-state index in [0.717, 1.165) is 24.6 Å². The van der Waals surface area contributed by atoms with Gasteiger partial charge in [0.05, 0.1) is 16.1 Å². The molecule has 0 aliphatic carbocycles. The molecule has 29 heavy (non-hydrogen) atoms. The van der Waals surface area contributed by atoms with Crippen molar-refractivity contribution in [2.45, 2.75) is 4.90 Å². The summed E-state index contributed by atoms with van der Waals surface area (Å²) < 4.78 is 27.7. The highest BCUT2D eigenvalue weighted by Crippen LogP contribution is 2.28. The molecule has 10 heteroatoms. The van der Waals surface area contributed by atoms with Crippen molar-refractivity contribution in [2.24, 2.45) is 0 Å². The Balaban J connectivity index is 1.85. The number of anilines is 2. The van der Waals surface area contributed by atoms with Crippen molar-refractivity contribution in [3.05, 3.63) is 53.6 Å². The Hall–Kier alpha value is -2.72. The van der Waals surface area contributed by atoms with Crippen molar-refractivity contribution in [1.29, 1.82) is 0 Å². The van der Waals surface area contributed by atoms with E-state index in [2.05, 4.69) is 10.0 Å². The van der Waals surface area contributed by atoms with Crippen LogP contribution in [0.15, 0.2) is 47.4 Å². The molecule has 3 N–H and O–H groups in total. The van der Waals surface area contributed by atoms with Crippen LogP contribution in [0.25, 0.3) is 0 Å². The number of sulfonamides is 1. The average Bonchev–Trinajstić information content (AvgIpc) is 2.73. The van der Waals surface area contributed by atoms with E-state index in [4.69, 9.17) is 0 Å². The maximum absolute atomic E-state index is 12.6. The van der Waals surface area contributed by atoms with Crippen molar-refractivity contribution in [1.82, 2.24) is 5.32 Å². The SMILES string of the molecule is CNC(=O)c1ccc(S(=O)(=O)Nc2ccc(N3CCSCC3)c(C(=O)O)c2)cc1. The zero-order valence-corrected chi connectivity index (χ0v) is 17.3. The lowest BCUT2D eigenvalue weighted by atomic mass is 10.1. The van der Waals surface area contributed by atoms with E-state index >= 15 is 0 Å². The first-order valence-corrected chi connectivity index (χ1v) is 11.5. The molecular formula is C19H21N3O5S2. The second kappa shape index (κ2) is 8.75. The third-order valence-corrected chi connectivity index (χ3v) is 6.82. The highest BCUT2D eigenvalue weighted by Gasteiger charge is 2.21. The van der Waals surface area contributed by atoms with Crippen molar-refractivity contribution < 1.29 is 23.1 Å². The highest BCUT2D eigenvalue weighted by atomic mass is 32.2. The van der Waals surface area contributed by atoms with E-state index < -0.39 is 16.0 Å². The van der Waals surface area contributed by atoms with Crippen LogP contribution in [0.2, 0.25) is 0 Å². The zero-order valence-electron chi connectivity index (χ0n) is 15.7. The Morgan fingerprint density at radius 1 is 1.07 bits per heavy atom. The minimum absolute atomic E-state index is 0.0286. The van der Waals surface area contributed by atoms with Crippen LogP contribution < -0.4 is 14.9 Å². The van der Waals surface area contributed by atoms with E-state index in [1.807, 2.05) is 16.7 Å². The molecule has 154 valence electrons. The van der Waals surface area contributed by atoms with Gasteiger partial charge in [0.15, 0.2) is 0 Å². The molecule has 1 saturated heterocycles. The summed E-state index contributed by atoms with van der Waals surface area (Å²) in [5.74, 6) is 0.396. The second-order valence-corrected chi connectivity index (χ2v) is 9.25. The predicted molar refractivity (Wildman–Crippen MR) is 114 cm³/mol. The Morgan fingerprint density at radius 2 is 1.72 bits per heavy atom. The molecule has 2 aromatic carbocycles. The smallest absolute Gasteiger partial charge is 0.337 e. The Morgan fingerprint density at radius 3 is 2.31 bits per heavy atom. The lowest BCUT2D eigenvalue weighted by Gasteiger charge is -2.29. The summed E-state index contributed by atoms with van der Waals surface area (Å²) in [5, 5.41) is 12.1. The second-order valence-electron chi connectivity index (χ2n) is 6.35. The van der Waals surface area contributed by atoms with Gasteiger partial charge in [-0.05, 0) is 42.5 Å². The average molecular weight is 436 g/mol. The monoisotopic (exact) mass is 435 g/mol. The Bertz CT molecular complexity index is 1020. The van der Waals surface area contributed by atoms with Gasteiger partial charge in [0.2, 0.25) is 0 Å². The van der Waals surface area contributed by atoms with E-state index in [1.54, 1.807) is 12.1 Å². The van der Waals surface area contributed by atoms with Crippen molar-refractivity contribution in [3.8, 4) is 0 Å². The first-order valence-electron chi connectivity index (χ1n) is 8.87. The molecule has 0 saturated carbocycles. The first kappa shape index (κ1) is 21.0. The lowest BCUT2D eigenvalue weighted by molar-refractivity contribution is 0.0697. The van der Waals surface area contributed by atoms with Gasteiger partial charge in [0.25, 0.3) is 15.9 Å². The summed E-state index contributed by atoms with van der Waals surface area (Å²) in [7, 11) is -2.45. The van der Waals surface area contributed by atoms with Crippen LogP contribution in [0, 0.1) is 0 Å². The van der Waals surface area contributed by atoms with E-state index in [9.17, 15) is 23.1 Å². The Kier molecular flexibility index (Phi) is 6.33. The fourth-order valence-electron chi connectivity index (χ4n) is 2.99. The van der Waals surface area contributed by atoms with Crippen LogP contribution in [0.1, 0.15) is 20.7 Å². The number of carbonyl (C=O) groups is 2. The van der Waals surface area contributed by atoms with Crippen LogP contribution in [-0.2, 0) is 10.0 Å². The van der Waals surface area contributed by atoms with Gasteiger partial charge in [-0.15, -0.1) is 0 Å². The van der Waals surface area contributed by atoms with Gasteiger partial charge < -0.3 is 15.3 Å². The minimum Gasteiger partial charge on any atom is -0.478 e. The number of amides is 1. The van der Waals surface area contributed by atoms with Gasteiger partial charge in [-0.1, -0.05) is 0 Å². The number of hydrogen-bond donors (Lipinski definition) is 3. The van der Waals surface area contributed by atoms with E-state index in [0.29, 0.717) is 11.3 Å². The number of hydrogen-bond acceptors (Lipinski definition) is 6. The summed E-state index contributed by atoms with van der Waals surface area (Å²) in [5.41, 5.74) is 1.12. The molecule has 3 rings (SSSR count). The topological polar surface area (TPSA) is 116 Å². The lowest BCUT2D eigenvalue weighted by Crippen LogP contribution is -2.33. The number of carboxylic acid groups (broad SMARTS) is 1. The van der Waals surface area contributed by atoms with Gasteiger partial charge in [-0.25, -0.2) is 13.2 Å². The standard InChI is InChI=1S/C19H21N3O5S2/c1-20-18(23)13-2-5-15(6-3-13)29(26,27)21-14-4-7-17(16(12-14)19(24)25)22-8-10-28-11-9-22/h2-7,12,21H,8-11H2,1H3,(H,20,23)(H,24,25). The Labute approximate surface area is 173 Å². The molecule has 1 heterocycles. The van der Waals surface area contributed by atoms with Gasteiger partial charge in [0, 0.05) is 42.9 Å². The molecule has 1 aliphatic heterocycles. The molecular weight excluding hydrogens is 414 g/mol. The maximum atomic E-state index is 12.6. The summed E-state index contributed by atoms with van der Waals surface area (Å²) in [6.07, 6.45) is 0. The number of benzene rings is 2. The first-order chi connectivity index (χ1) is 13.8. The van der Waals surface area contributed by atoms with Crippen LogP contribution >= 0.6 is 11.8 Å². The van der Waals surface area contributed by atoms with Crippen LogP contribution in [-0.4, -0.2) is 57.0 Å². The van der Waals surface area contributed by atoms with Crippen molar-refractivity contribution in [3.63, 3.8) is 0 Å². The molecule has 1 fully saturated rings. The summed E-state index contributed by atoms with van der Waals surface area (Å²) in [4.78, 5) is 25.3. The molecule has 0 bridgehead atoms. The summed E-state index contributed by atoms with van der Waals surface area (Å²) >= 11 is 1.81. The van der Waals surface area contributed by atoms with Crippen molar-refractivity contribution in [2.75, 3.05) is 41.3 Å². The van der Waals surface area contributed by atoms with Gasteiger partial charge >= 0.3 is 5.97 Å². The highest BCUT2D eigenvalue weighted by molar-refractivity contribution is 7.99.